The van der Waals surface area contributed by atoms with E-state index in [9.17, 15) is 9.90 Å². The van der Waals surface area contributed by atoms with E-state index in [1.165, 1.54) is 11.3 Å². The van der Waals surface area contributed by atoms with E-state index in [2.05, 4.69) is 15.0 Å². The van der Waals surface area contributed by atoms with Gasteiger partial charge in [0.2, 0.25) is 0 Å². The first-order valence-electron chi connectivity index (χ1n) is 7.37. The van der Waals surface area contributed by atoms with Gasteiger partial charge in [0.1, 0.15) is 17.2 Å². The third kappa shape index (κ3) is 3.16. The van der Waals surface area contributed by atoms with Crippen molar-refractivity contribution in [1.29, 1.82) is 0 Å². The molecule has 3 heterocycles. The van der Waals surface area contributed by atoms with Gasteiger partial charge in [0.25, 0.3) is 5.91 Å². The molecule has 122 valence electrons. The fraction of sp³-hybridized carbons (Fsp3) is 0.467. The van der Waals surface area contributed by atoms with Crippen LogP contribution in [0.3, 0.4) is 0 Å². The number of carbonyl (C=O) groups excluding carboxylic acids is 1. The molecule has 8 heteroatoms. The van der Waals surface area contributed by atoms with Crippen LogP contribution in [0.15, 0.2) is 29.4 Å². The summed E-state index contributed by atoms with van der Waals surface area (Å²) in [7, 11) is 1.65. The highest BCUT2D eigenvalue weighted by Crippen LogP contribution is 2.26. The van der Waals surface area contributed by atoms with Gasteiger partial charge in [0.15, 0.2) is 12.1 Å². The molecule has 0 radical (unpaired) electrons. The minimum Gasteiger partial charge on any atom is -0.448 e. The van der Waals surface area contributed by atoms with Crippen LogP contribution >= 0.6 is 0 Å². The Morgan fingerprint density at radius 3 is 2.96 bits per heavy atom. The van der Waals surface area contributed by atoms with E-state index in [0.29, 0.717) is 25.3 Å². The van der Waals surface area contributed by atoms with E-state index in [0.717, 1.165) is 5.82 Å². The van der Waals surface area contributed by atoms with Crippen molar-refractivity contribution in [3.63, 3.8) is 0 Å². The van der Waals surface area contributed by atoms with Crippen LogP contribution in [-0.2, 0) is 0 Å². The number of rotatable bonds is 4. The standard InChI is InChI=1S/C15H19N5O3/c1-11-13(18-10-23-11)14(21)19(2)8-15(22)3-6-20(9-15)12-7-16-4-5-17-12/h4-5,7,10,22H,3,6,8-9H2,1-2H3. The molecule has 23 heavy (non-hydrogen) atoms. The third-order valence-electron chi connectivity index (χ3n) is 4.03. The molecule has 2 aromatic heterocycles. The van der Waals surface area contributed by atoms with Crippen molar-refractivity contribution in [2.24, 2.45) is 0 Å². The fourth-order valence-corrected chi connectivity index (χ4v) is 2.84. The molecular weight excluding hydrogens is 298 g/mol. The first-order valence-corrected chi connectivity index (χ1v) is 7.37. The number of aryl methyl sites for hydroxylation is 1. The summed E-state index contributed by atoms with van der Waals surface area (Å²) in [5, 5.41) is 10.8. The second-order valence-electron chi connectivity index (χ2n) is 5.88. The Hall–Kier alpha value is -2.48. The summed E-state index contributed by atoms with van der Waals surface area (Å²) in [5.41, 5.74) is -0.709. The number of aromatic nitrogens is 3. The number of amides is 1. The number of hydrogen-bond acceptors (Lipinski definition) is 7. The highest BCUT2D eigenvalue weighted by atomic mass is 16.3. The van der Waals surface area contributed by atoms with Crippen LogP contribution in [0.4, 0.5) is 5.82 Å². The van der Waals surface area contributed by atoms with Gasteiger partial charge in [-0.05, 0) is 13.3 Å². The van der Waals surface area contributed by atoms with Gasteiger partial charge in [-0.25, -0.2) is 9.97 Å². The molecule has 3 rings (SSSR count). The molecule has 0 bridgehead atoms. The van der Waals surface area contributed by atoms with E-state index >= 15 is 0 Å². The van der Waals surface area contributed by atoms with Crippen molar-refractivity contribution >= 4 is 11.7 Å². The van der Waals surface area contributed by atoms with E-state index in [1.54, 1.807) is 32.6 Å². The summed E-state index contributed by atoms with van der Waals surface area (Å²) < 4.78 is 5.06. The van der Waals surface area contributed by atoms with Crippen LogP contribution in [0.1, 0.15) is 22.7 Å². The van der Waals surface area contributed by atoms with Gasteiger partial charge < -0.3 is 19.3 Å². The highest BCUT2D eigenvalue weighted by molar-refractivity contribution is 5.93. The van der Waals surface area contributed by atoms with Crippen molar-refractivity contribution < 1.29 is 14.3 Å². The van der Waals surface area contributed by atoms with Crippen LogP contribution in [0, 0.1) is 6.92 Å². The van der Waals surface area contributed by atoms with Crippen LogP contribution < -0.4 is 4.90 Å². The van der Waals surface area contributed by atoms with Crippen molar-refractivity contribution in [3.05, 3.63) is 36.4 Å². The zero-order valence-corrected chi connectivity index (χ0v) is 13.1. The highest BCUT2D eigenvalue weighted by Gasteiger charge is 2.39. The van der Waals surface area contributed by atoms with Gasteiger partial charge in [0.05, 0.1) is 12.7 Å². The minimum absolute atomic E-state index is 0.217. The Balaban J connectivity index is 1.66. The van der Waals surface area contributed by atoms with Crippen LogP contribution in [0.5, 0.6) is 0 Å². The Labute approximate surface area is 133 Å². The van der Waals surface area contributed by atoms with E-state index in [-0.39, 0.29) is 18.1 Å². The average molecular weight is 317 g/mol. The molecule has 0 aromatic carbocycles. The van der Waals surface area contributed by atoms with E-state index in [4.69, 9.17) is 4.42 Å². The molecule has 1 unspecified atom stereocenters. The second-order valence-corrected chi connectivity index (χ2v) is 5.88. The van der Waals surface area contributed by atoms with Gasteiger partial charge in [-0.3, -0.25) is 9.78 Å². The monoisotopic (exact) mass is 317 g/mol. The first-order chi connectivity index (χ1) is 11.0. The maximum absolute atomic E-state index is 12.4. The van der Waals surface area contributed by atoms with Crippen molar-refractivity contribution in [2.75, 3.05) is 31.6 Å². The molecule has 0 aliphatic carbocycles. The van der Waals surface area contributed by atoms with Crippen molar-refractivity contribution in [3.8, 4) is 0 Å². The molecule has 1 N–H and O–H groups in total. The number of nitrogens with zero attached hydrogens (tertiary/aromatic N) is 5. The number of aliphatic hydroxyl groups is 1. The quantitative estimate of drug-likeness (QED) is 0.876. The molecule has 1 amide bonds. The SMILES string of the molecule is Cc1ocnc1C(=O)N(C)CC1(O)CCN(c2cnccn2)C1. The maximum atomic E-state index is 12.4. The summed E-state index contributed by atoms with van der Waals surface area (Å²) in [6.45, 7) is 2.98. The van der Waals surface area contributed by atoms with Gasteiger partial charge in [-0.1, -0.05) is 0 Å². The predicted octanol–water partition coefficient (Wildman–Crippen LogP) is 0.486. The Morgan fingerprint density at radius 1 is 1.48 bits per heavy atom. The second kappa shape index (κ2) is 5.96. The van der Waals surface area contributed by atoms with Crippen LogP contribution in [-0.4, -0.2) is 63.1 Å². The molecule has 8 nitrogen and oxygen atoms in total. The Morgan fingerprint density at radius 2 is 2.30 bits per heavy atom. The van der Waals surface area contributed by atoms with E-state index < -0.39 is 5.60 Å². The number of likely N-dealkylation sites (N-methyl/N-ethyl adjacent to an activating group) is 1. The van der Waals surface area contributed by atoms with Gasteiger partial charge in [-0.2, -0.15) is 0 Å². The smallest absolute Gasteiger partial charge is 0.275 e. The first kappa shape index (κ1) is 15.4. The molecule has 1 atom stereocenters. The topological polar surface area (TPSA) is 95.6 Å². The summed E-state index contributed by atoms with van der Waals surface area (Å²) in [4.78, 5) is 28.0. The number of hydrogen-bond donors (Lipinski definition) is 1. The lowest BCUT2D eigenvalue weighted by atomic mass is 10.0. The zero-order valence-electron chi connectivity index (χ0n) is 13.1. The summed E-state index contributed by atoms with van der Waals surface area (Å²) >= 11 is 0. The molecule has 1 saturated heterocycles. The fourth-order valence-electron chi connectivity index (χ4n) is 2.84. The number of anilines is 1. The van der Waals surface area contributed by atoms with E-state index in [1.807, 2.05) is 4.90 Å². The van der Waals surface area contributed by atoms with Gasteiger partial charge in [-0.15, -0.1) is 0 Å². The van der Waals surface area contributed by atoms with Crippen molar-refractivity contribution in [2.45, 2.75) is 18.9 Å². The van der Waals surface area contributed by atoms with Crippen LogP contribution in [0.2, 0.25) is 0 Å². The molecule has 0 spiro atoms. The minimum atomic E-state index is -0.987. The van der Waals surface area contributed by atoms with Gasteiger partial charge in [0, 0.05) is 32.5 Å². The normalized spacial score (nSPS) is 20.7. The molecule has 1 aliphatic rings. The molecule has 1 fully saturated rings. The Kier molecular flexibility index (Phi) is 3.99. The third-order valence-corrected chi connectivity index (χ3v) is 4.03. The van der Waals surface area contributed by atoms with Gasteiger partial charge >= 0.3 is 0 Å². The largest absolute Gasteiger partial charge is 0.448 e. The zero-order chi connectivity index (χ0) is 16.4. The average Bonchev–Trinajstić information content (AvgIpc) is 3.13. The Bertz CT molecular complexity index is 689. The lowest BCUT2D eigenvalue weighted by Crippen LogP contribution is -2.46. The maximum Gasteiger partial charge on any atom is 0.275 e. The predicted molar refractivity (Wildman–Crippen MR) is 82.0 cm³/mol. The lowest BCUT2D eigenvalue weighted by molar-refractivity contribution is 0.0261. The number of oxazole rings is 1. The number of carbonyl (C=O) groups is 1. The summed E-state index contributed by atoms with van der Waals surface area (Å²) in [6, 6.07) is 0. The summed E-state index contributed by atoms with van der Waals surface area (Å²) in [6.07, 6.45) is 6.70. The molecule has 0 saturated carbocycles. The molecule has 2 aromatic rings. The number of β-amino-alcohol motifs (C(OH)–C–C–N with tert-alkyl or cyclic N) is 1. The van der Waals surface area contributed by atoms with Crippen LogP contribution in [0.25, 0.3) is 0 Å². The summed E-state index contributed by atoms with van der Waals surface area (Å²) in [5.74, 6) is 0.939. The van der Waals surface area contributed by atoms with Crippen molar-refractivity contribution in [1.82, 2.24) is 19.9 Å². The lowest BCUT2D eigenvalue weighted by Gasteiger charge is -2.28. The molecule has 1 aliphatic heterocycles. The molecular formula is C15H19N5O3.